The van der Waals surface area contributed by atoms with Gasteiger partial charge in [0.25, 0.3) is 10.2 Å². The van der Waals surface area contributed by atoms with Gasteiger partial charge in [0, 0.05) is 44.4 Å². The Morgan fingerprint density at radius 1 is 1.22 bits per heavy atom. The summed E-state index contributed by atoms with van der Waals surface area (Å²) in [5.74, 6) is -0.435. The van der Waals surface area contributed by atoms with Gasteiger partial charge in [0.15, 0.2) is 0 Å². The zero-order valence-corrected chi connectivity index (χ0v) is 16.3. The van der Waals surface area contributed by atoms with Crippen molar-refractivity contribution in [2.75, 3.05) is 27.2 Å². The average Bonchev–Trinajstić information content (AvgIpc) is 3.12. The lowest BCUT2D eigenvalue weighted by Gasteiger charge is -2.20. The van der Waals surface area contributed by atoms with Crippen molar-refractivity contribution in [2.45, 2.75) is 19.3 Å². The molecule has 144 valence electrons. The minimum absolute atomic E-state index is 0.0725. The van der Waals surface area contributed by atoms with Crippen LogP contribution in [0.15, 0.2) is 30.3 Å². The molecule has 27 heavy (non-hydrogen) atoms. The van der Waals surface area contributed by atoms with E-state index in [9.17, 15) is 13.2 Å². The Morgan fingerprint density at radius 2 is 1.89 bits per heavy atom. The van der Waals surface area contributed by atoms with E-state index in [0.717, 1.165) is 11.3 Å². The first-order chi connectivity index (χ1) is 12.7. The number of hydrogen-bond acceptors (Lipinski definition) is 5. The Kier molecular flexibility index (Phi) is 5.27. The normalized spacial score (nSPS) is 18.1. The number of benzene rings is 1. The first kappa shape index (κ1) is 19.4. The van der Waals surface area contributed by atoms with E-state index in [1.165, 1.54) is 34.8 Å². The van der Waals surface area contributed by atoms with E-state index in [-0.39, 0.29) is 11.5 Å². The van der Waals surface area contributed by atoms with Gasteiger partial charge in [-0.15, -0.1) is 0 Å². The molecule has 9 heteroatoms. The van der Waals surface area contributed by atoms with E-state index in [1.54, 1.807) is 12.1 Å². The van der Waals surface area contributed by atoms with Crippen LogP contribution in [0, 0.1) is 6.92 Å². The summed E-state index contributed by atoms with van der Waals surface area (Å²) in [6, 6.07) is 8.34. The van der Waals surface area contributed by atoms with Crippen LogP contribution in [-0.2, 0) is 10.2 Å². The summed E-state index contributed by atoms with van der Waals surface area (Å²) < 4.78 is 27.3. The van der Waals surface area contributed by atoms with Crippen molar-refractivity contribution < 1.29 is 18.3 Å². The molecule has 1 aliphatic heterocycles. The Hall–Kier alpha value is -2.36. The van der Waals surface area contributed by atoms with Crippen LogP contribution in [0.4, 0.5) is 0 Å². The molecule has 0 unspecified atom stereocenters. The molecular formula is C18H22N4O4S. The third-order valence-electron chi connectivity index (χ3n) is 4.60. The highest BCUT2D eigenvalue weighted by Gasteiger charge is 2.34. The molecule has 1 saturated heterocycles. The summed E-state index contributed by atoms with van der Waals surface area (Å²) >= 11 is 0. The van der Waals surface area contributed by atoms with Gasteiger partial charge in [0.2, 0.25) is 0 Å². The second-order valence-electron chi connectivity index (χ2n) is 6.77. The van der Waals surface area contributed by atoms with Gasteiger partial charge < -0.3 is 5.11 Å². The van der Waals surface area contributed by atoms with Crippen LogP contribution in [-0.4, -0.2) is 65.3 Å². The van der Waals surface area contributed by atoms with Crippen molar-refractivity contribution in [3.63, 3.8) is 0 Å². The molecule has 1 aliphatic rings. The largest absolute Gasteiger partial charge is 0.478 e. The molecule has 0 amide bonds. The Balaban J connectivity index is 1.87. The molecule has 1 atom stereocenters. The summed E-state index contributed by atoms with van der Waals surface area (Å²) in [7, 11) is -0.410. The molecule has 3 rings (SSSR count). The van der Waals surface area contributed by atoms with Gasteiger partial charge in [-0.05, 0) is 31.5 Å². The van der Waals surface area contributed by atoms with Crippen LogP contribution in [0.3, 0.4) is 0 Å². The number of aromatic carboxylic acids is 1. The molecular weight excluding hydrogens is 368 g/mol. The average molecular weight is 390 g/mol. The number of aryl methyl sites for hydroxylation is 1. The lowest BCUT2D eigenvalue weighted by atomic mass is 10.1. The Bertz CT molecular complexity index is 958. The topological polar surface area (TPSA) is 104 Å². The summed E-state index contributed by atoms with van der Waals surface area (Å²) in [5.41, 5.74) is 2.49. The second-order valence-corrected chi connectivity index (χ2v) is 8.91. The Labute approximate surface area is 158 Å². The number of aromatic nitrogens is 2. The van der Waals surface area contributed by atoms with Crippen LogP contribution in [0.1, 0.15) is 34.2 Å². The van der Waals surface area contributed by atoms with Gasteiger partial charge in [-0.25, -0.2) is 14.8 Å². The smallest absolute Gasteiger partial charge is 0.335 e. The number of carboxylic acids is 1. The molecule has 0 saturated carbocycles. The van der Waals surface area contributed by atoms with Gasteiger partial charge in [-0.2, -0.15) is 17.0 Å². The van der Waals surface area contributed by atoms with E-state index in [4.69, 9.17) is 5.11 Å². The molecule has 1 fully saturated rings. The van der Waals surface area contributed by atoms with Gasteiger partial charge >= 0.3 is 5.97 Å². The summed E-state index contributed by atoms with van der Waals surface area (Å²) in [4.78, 5) is 20.1. The maximum Gasteiger partial charge on any atom is 0.335 e. The molecule has 1 aromatic heterocycles. The summed E-state index contributed by atoms with van der Waals surface area (Å²) in [6.07, 6.45) is 0.661. The molecule has 0 bridgehead atoms. The van der Waals surface area contributed by atoms with Crippen LogP contribution < -0.4 is 0 Å². The monoisotopic (exact) mass is 390 g/mol. The van der Waals surface area contributed by atoms with Crippen molar-refractivity contribution in [3.05, 3.63) is 47.4 Å². The van der Waals surface area contributed by atoms with Crippen LogP contribution in [0.5, 0.6) is 0 Å². The van der Waals surface area contributed by atoms with Crippen molar-refractivity contribution in [3.8, 4) is 11.3 Å². The van der Waals surface area contributed by atoms with Crippen molar-refractivity contribution in [1.29, 1.82) is 0 Å². The molecule has 2 aromatic rings. The predicted octanol–water partition coefficient (Wildman–Crippen LogP) is 1.75. The molecule has 2 heterocycles. The zero-order valence-electron chi connectivity index (χ0n) is 15.5. The van der Waals surface area contributed by atoms with E-state index in [2.05, 4.69) is 9.97 Å². The molecule has 1 aromatic carbocycles. The number of carbonyl (C=O) groups is 1. The maximum atomic E-state index is 12.3. The van der Waals surface area contributed by atoms with E-state index >= 15 is 0 Å². The highest BCUT2D eigenvalue weighted by Crippen LogP contribution is 2.29. The van der Waals surface area contributed by atoms with E-state index in [1.807, 2.05) is 13.0 Å². The SMILES string of the molecule is Cc1cc(-c2ccc(C(=O)O)cc2)nc([C@H]2CCN(S(=O)(=O)N(C)C)C2)n1. The highest BCUT2D eigenvalue weighted by molar-refractivity contribution is 7.86. The van der Waals surface area contributed by atoms with Crippen LogP contribution in [0.2, 0.25) is 0 Å². The third kappa shape index (κ3) is 4.00. The Morgan fingerprint density at radius 3 is 2.48 bits per heavy atom. The lowest BCUT2D eigenvalue weighted by Crippen LogP contribution is -2.38. The minimum atomic E-state index is -3.45. The third-order valence-corrected chi connectivity index (χ3v) is 6.51. The molecule has 1 N–H and O–H groups in total. The predicted molar refractivity (Wildman–Crippen MR) is 101 cm³/mol. The first-order valence-electron chi connectivity index (χ1n) is 8.55. The fourth-order valence-electron chi connectivity index (χ4n) is 3.08. The number of carboxylic acid groups (broad SMARTS) is 1. The summed E-state index contributed by atoms with van der Waals surface area (Å²) in [5, 5.41) is 9.02. The van der Waals surface area contributed by atoms with Crippen molar-refractivity contribution in [1.82, 2.24) is 18.6 Å². The van der Waals surface area contributed by atoms with Gasteiger partial charge in [0.05, 0.1) is 11.3 Å². The van der Waals surface area contributed by atoms with Crippen molar-refractivity contribution >= 4 is 16.2 Å². The number of hydrogen-bond donors (Lipinski definition) is 1. The summed E-state index contributed by atoms with van der Waals surface area (Å²) in [6.45, 7) is 2.65. The quantitative estimate of drug-likeness (QED) is 0.834. The molecule has 0 radical (unpaired) electrons. The van der Waals surface area contributed by atoms with Gasteiger partial charge in [-0.3, -0.25) is 0 Å². The fraction of sp³-hybridized carbons (Fsp3) is 0.389. The van der Waals surface area contributed by atoms with Crippen molar-refractivity contribution in [2.24, 2.45) is 0 Å². The fourth-order valence-corrected chi connectivity index (χ4v) is 4.25. The van der Waals surface area contributed by atoms with Gasteiger partial charge in [-0.1, -0.05) is 12.1 Å². The maximum absolute atomic E-state index is 12.3. The molecule has 8 nitrogen and oxygen atoms in total. The highest BCUT2D eigenvalue weighted by atomic mass is 32.2. The molecule has 0 aliphatic carbocycles. The minimum Gasteiger partial charge on any atom is -0.478 e. The standard InChI is InChI=1S/C18H22N4O4S/c1-12-10-16(13-4-6-14(7-5-13)18(23)24)20-17(19-12)15-8-9-22(11-15)27(25,26)21(2)3/h4-7,10,15H,8-9,11H2,1-3H3,(H,23,24)/t15-/m0/s1. The van der Waals surface area contributed by atoms with Gasteiger partial charge in [0.1, 0.15) is 5.82 Å². The first-order valence-corrected chi connectivity index (χ1v) is 9.95. The molecule has 0 spiro atoms. The zero-order chi connectivity index (χ0) is 19.8. The number of rotatable bonds is 5. The van der Waals surface area contributed by atoms with E-state index < -0.39 is 16.2 Å². The number of nitrogens with zero attached hydrogens (tertiary/aromatic N) is 4. The van der Waals surface area contributed by atoms with Crippen LogP contribution >= 0.6 is 0 Å². The lowest BCUT2D eigenvalue weighted by molar-refractivity contribution is 0.0697. The van der Waals surface area contributed by atoms with E-state index in [0.29, 0.717) is 31.0 Å². The second kappa shape index (κ2) is 7.34. The van der Waals surface area contributed by atoms with Crippen LogP contribution in [0.25, 0.3) is 11.3 Å².